The normalized spacial score (nSPS) is 11.0. The van der Waals surface area contributed by atoms with Crippen LogP contribution in [0.1, 0.15) is 11.1 Å². The minimum absolute atomic E-state index is 0.164. The summed E-state index contributed by atoms with van der Waals surface area (Å²) < 4.78 is 45.4. The van der Waals surface area contributed by atoms with E-state index >= 15 is 0 Å². The van der Waals surface area contributed by atoms with Gasteiger partial charge in [0.2, 0.25) is 0 Å². The van der Waals surface area contributed by atoms with Gasteiger partial charge in [-0.05, 0) is 47.9 Å². The molecule has 166 valence electrons. The van der Waals surface area contributed by atoms with Crippen molar-refractivity contribution in [2.45, 2.75) is 19.8 Å². The fraction of sp³-hybridized carbons (Fsp3) is 0.167. The molecule has 0 heterocycles. The molecule has 8 heteroatoms. The number of rotatable bonds is 5. The average Bonchev–Trinajstić information content (AvgIpc) is 2.77. The Bertz CT molecular complexity index is 1080. The van der Waals surface area contributed by atoms with Gasteiger partial charge in [-0.25, -0.2) is 4.79 Å². The molecule has 0 spiro atoms. The van der Waals surface area contributed by atoms with Crippen LogP contribution in [0.25, 0.3) is 11.1 Å². The number of hydrogen-bond donors (Lipinski definition) is 0. The number of alkyl halides is 3. The van der Waals surface area contributed by atoms with E-state index in [2.05, 4.69) is 9.47 Å². The van der Waals surface area contributed by atoms with E-state index in [9.17, 15) is 22.8 Å². The van der Waals surface area contributed by atoms with Crippen LogP contribution in [0.3, 0.4) is 0 Å². The second kappa shape index (κ2) is 9.55. The lowest BCUT2D eigenvalue weighted by atomic mass is 10.0. The molecule has 0 fully saturated rings. The van der Waals surface area contributed by atoms with Crippen LogP contribution in [0.5, 0.6) is 5.75 Å². The topological polar surface area (TPSA) is 55.8 Å². The molecule has 3 aromatic carbocycles. The van der Waals surface area contributed by atoms with E-state index in [1.165, 1.54) is 29.2 Å². The van der Waals surface area contributed by atoms with Crippen molar-refractivity contribution < 1.29 is 32.2 Å². The first-order valence-electron chi connectivity index (χ1n) is 9.58. The van der Waals surface area contributed by atoms with Gasteiger partial charge in [0, 0.05) is 5.69 Å². The summed E-state index contributed by atoms with van der Waals surface area (Å²) in [6.07, 6.45) is -4.75. The summed E-state index contributed by atoms with van der Waals surface area (Å²) in [5.74, 6) is -2.11. The van der Waals surface area contributed by atoms with E-state index in [1.807, 2.05) is 31.2 Å². The molecule has 0 bridgehead atoms. The van der Waals surface area contributed by atoms with Crippen molar-refractivity contribution in [1.29, 1.82) is 0 Å². The van der Waals surface area contributed by atoms with Crippen LogP contribution in [-0.2, 0) is 20.9 Å². The summed E-state index contributed by atoms with van der Waals surface area (Å²) >= 11 is 0. The third-order valence-corrected chi connectivity index (χ3v) is 4.67. The predicted molar refractivity (Wildman–Crippen MR) is 113 cm³/mol. The van der Waals surface area contributed by atoms with Crippen LogP contribution in [0.15, 0.2) is 72.8 Å². The first-order valence-corrected chi connectivity index (χ1v) is 9.58. The van der Waals surface area contributed by atoms with Crippen LogP contribution in [-0.4, -0.2) is 25.3 Å². The monoisotopic (exact) mass is 443 g/mol. The highest BCUT2D eigenvalue weighted by atomic mass is 19.4. The SMILES string of the molecule is COC(=O)C(=O)N(Cc1ccc(C)cc1)c1ccc(-c2ccc(OC(F)(F)F)cc2)cc1. The molecule has 0 aliphatic rings. The molecular weight excluding hydrogens is 423 g/mol. The van der Waals surface area contributed by atoms with E-state index < -0.39 is 18.2 Å². The first kappa shape index (κ1) is 22.9. The van der Waals surface area contributed by atoms with Crippen molar-refractivity contribution in [3.8, 4) is 16.9 Å². The van der Waals surface area contributed by atoms with E-state index in [1.54, 1.807) is 24.3 Å². The predicted octanol–water partition coefficient (Wildman–Crippen LogP) is 5.27. The van der Waals surface area contributed by atoms with Gasteiger partial charge in [0.25, 0.3) is 0 Å². The zero-order chi connectivity index (χ0) is 23.3. The number of ether oxygens (including phenoxy) is 2. The van der Waals surface area contributed by atoms with Crippen molar-refractivity contribution in [2.75, 3.05) is 12.0 Å². The van der Waals surface area contributed by atoms with Gasteiger partial charge in [0.1, 0.15) is 5.75 Å². The summed E-state index contributed by atoms with van der Waals surface area (Å²) in [5.41, 5.74) is 3.75. The molecule has 0 unspecified atom stereocenters. The average molecular weight is 443 g/mol. The van der Waals surface area contributed by atoms with Gasteiger partial charge in [-0.15, -0.1) is 13.2 Å². The molecule has 0 atom stereocenters. The lowest BCUT2D eigenvalue weighted by Gasteiger charge is -2.22. The van der Waals surface area contributed by atoms with Crippen molar-refractivity contribution in [2.24, 2.45) is 0 Å². The smallest absolute Gasteiger partial charge is 0.462 e. The highest BCUT2D eigenvalue weighted by Crippen LogP contribution is 2.28. The Morgan fingerprint density at radius 1 is 0.844 bits per heavy atom. The zero-order valence-electron chi connectivity index (χ0n) is 17.3. The van der Waals surface area contributed by atoms with Gasteiger partial charge in [0.15, 0.2) is 0 Å². The fourth-order valence-corrected chi connectivity index (χ4v) is 3.04. The van der Waals surface area contributed by atoms with Gasteiger partial charge < -0.3 is 9.47 Å². The number of aryl methyl sites for hydroxylation is 1. The van der Waals surface area contributed by atoms with Gasteiger partial charge in [-0.3, -0.25) is 9.69 Å². The highest BCUT2D eigenvalue weighted by Gasteiger charge is 2.31. The molecule has 0 saturated heterocycles. The van der Waals surface area contributed by atoms with Crippen LogP contribution >= 0.6 is 0 Å². The number of amides is 1. The summed E-state index contributed by atoms with van der Waals surface area (Å²) in [5, 5.41) is 0. The molecule has 0 aliphatic carbocycles. The Balaban J connectivity index is 1.84. The maximum Gasteiger partial charge on any atom is 0.573 e. The fourth-order valence-electron chi connectivity index (χ4n) is 3.04. The number of carbonyl (C=O) groups excluding carboxylic acids is 2. The number of hydrogen-bond acceptors (Lipinski definition) is 4. The van der Waals surface area contributed by atoms with Crippen LogP contribution in [0.2, 0.25) is 0 Å². The number of halogens is 3. The number of carbonyl (C=O) groups is 2. The number of nitrogens with zero attached hydrogens (tertiary/aromatic N) is 1. The Kier molecular flexibility index (Phi) is 6.82. The summed E-state index contributed by atoms with van der Waals surface area (Å²) in [7, 11) is 1.14. The minimum Gasteiger partial charge on any atom is -0.462 e. The van der Waals surface area contributed by atoms with Crippen molar-refractivity contribution in [1.82, 2.24) is 0 Å². The largest absolute Gasteiger partial charge is 0.573 e. The Morgan fingerprint density at radius 3 is 1.88 bits per heavy atom. The van der Waals surface area contributed by atoms with Crippen LogP contribution < -0.4 is 9.64 Å². The van der Waals surface area contributed by atoms with Gasteiger partial charge >= 0.3 is 18.2 Å². The number of benzene rings is 3. The lowest BCUT2D eigenvalue weighted by molar-refractivity contribution is -0.274. The summed E-state index contributed by atoms with van der Waals surface area (Å²) in [6.45, 7) is 2.11. The second-order valence-electron chi connectivity index (χ2n) is 6.99. The van der Waals surface area contributed by atoms with Crippen LogP contribution in [0.4, 0.5) is 18.9 Å². The zero-order valence-corrected chi connectivity index (χ0v) is 17.3. The number of esters is 1. The standard InChI is InChI=1S/C24H20F3NO4/c1-16-3-5-17(6-4-16)15-28(22(29)23(30)31-2)20-11-7-18(8-12-20)19-9-13-21(14-10-19)32-24(25,26)27/h3-14H,15H2,1-2H3. The van der Waals surface area contributed by atoms with Crippen LogP contribution in [0, 0.1) is 6.92 Å². The molecule has 1 amide bonds. The van der Waals surface area contributed by atoms with E-state index in [-0.39, 0.29) is 12.3 Å². The maximum absolute atomic E-state index is 12.6. The molecule has 0 aliphatic heterocycles. The Hall–Kier alpha value is -3.81. The second-order valence-corrected chi connectivity index (χ2v) is 6.99. The quantitative estimate of drug-likeness (QED) is 0.398. The Labute approximate surface area is 183 Å². The van der Waals surface area contributed by atoms with Gasteiger partial charge in [0.05, 0.1) is 13.7 Å². The van der Waals surface area contributed by atoms with Crippen molar-refractivity contribution in [3.05, 3.63) is 83.9 Å². The number of anilines is 1. The summed E-state index contributed by atoms with van der Waals surface area (Å²) in [6, 6.07) is 19.7. The van der Waals surface area contributed by atoms with E-state index in [4.69, 9.17) is 0 Å². The van der Waals surface area contributed by atoms with Crippen molar-refractivity contribution in [3.63, 3.8) is 0 Å². The van der Waals surface area contributed by atoms with Gasteiger partial charge in [-0.1, -0.05) is 54.1 Å². The lowest BCUT2D eigenvalue weighted by Crippen LogP contribution is -2.36. The molecule has 5 nitrogen and oxygen atoms in total. The maximum atomic E-state index is 12.6. The molecule has 0 N–H and O–H groups in total. The molecule has 0 aromatic heterocycles. The highest BCUT2D eigenvalue weighted by molar-refractivity contribution is 6.38. The molecule has 32 heavy (non-hydrogen) atoms. The minimum atomic E-state index is -4.75. The molecule has 0 saturated carbocycles. The third-order valence-electron chi connectivity index (χ3n) is 4.67. The van der Waals surface area contributed by atoms with Crippen molar-refractivity contribution >= 4 is 17.6 Å². The molecule has 3 aromatic rings. The third kappa shape index (κ3) is 5.87. The van der Waals surface area contributed by atoms with E-state index in [0.29, 0.717) is 16.8 Å². The summed E-state index contributed by atoms with van der Waals surface area (Å²) in [4.78, 5) is 25.8. The van der Waals surface area contributed by atoms with E-state index in [0.717, 1.165) is 18.2 Å². The van der Waals surface area contributed by atoms with Gasteiger partial charge in [-0.2, -0.15) is 0 Å². The number of methoxy groups -OCH3 is 1. The molecule has 0 radical (unpaired) electrons. The first-order chi connectivity index (χ1) is 15.2. The Morgan fingerprint density at radius 2 is 1.38 bits per heavy atom. The molecule has 3 rings (SSSR count). The molecular formula is C24H20F3NO4.